The Morgan fingerprint density at radius 3 is 2.73 bits per heavy atom. The highest BCUT2D eigenvalue weighted by Crippen LogP contribution is 2.78. The van der Waals surface area contributed by atoms with Crippen LogP contribution in [0.5, 0.6) is 0 Å². The van der Waals surface area contributed by atoms with Gasteiger partial charge in [0.25, 0.3) is 0 Å². The first-order valence-corrected chi connectivity index (χ1v) is 9.19. The van der Waals surface area contributed by atoms with Crippen molar-refractivity contribution in [1.82, 2.24) is 0 Å². The highest BCUT2D eigenvalue weighted by Gasteiger charge is 2.75. The summed E-state index contributed by atoms with van der Waals surface area (Å²) in [4.78, 5) is 12.4. The lowest BCUT2D eigenvalue weighted by atomic mass is 9.45. The molecule has 5 aliphatic rings. The molecule has 0 aromatic rings. The van der Waals surface area contributed by atoms with Crippen molar-refractivity contribution in [1.29, 1.82) is 0 Å². The number of ketones is 1. The minimum absolute atomic E-state index is 0.161. The maximum atomic E-state index is 12.4. The molecule has 1 saturated heterocycles. The third-order valence-corrected chi connectivity index (χ3v) is 8.99. The van der Waals surface area contributed by atoms with Crippen molar-refractivity contribution in [3.8, 4) is 0 Å². The Kier molecular flexibility index (Phi) is 2.33. The molecule has 3 saturated carbocycles. The van der Waals surface area contributed by atoms with Crippen molar-refractivity contribution in [2.45, 2.75) is 65.9 Å². The zero-order valence-electron chi connectivity index (χ0n) is 14.4. The first-order chi connectivity index (χ1) is 10.3. The topological polar surface area (TPSA) is 26.3 Å². The summed E-state index contributed by atoms with van der Waals surface area (Å²) in [6.45, 7) is 10.6. The Morgan fingerprint density at radius 2 is 2.00 bits per heavy atom. The molecule has 0 amide bonds. The SMILES string of the molecule is CC1=C2C(=O)C[C@@]2(C)[C@@H]2C[C@@H]3[C@@H]4C[C@@H](C)[C@]2(CC1)[C@@]3(C)CO4. The summed E-state index contributed by atoms with van der Waals surface area (Å²) in [5.41, 5.74) is 3.53. The Labute approximate surface area is 133 Å². The number of carbonyl (C=O) groups is 1. The van der Waals surface area contributed by atoms with Crippen LogP contribution in [0, 0.1) is 34.0 Å². The predicted molar refractivity (Wildman–Crippen MR) is 85.3 cm³/mol. The number of fused-ring (bicyclic) bond motifs is 2. The summed E-state index contributed by atoms with van der Waals surface area (Å²) in [5.74, 6) is 2.61. The molecule has 2 nitrogen and oxygen atoms in total. The molecule has 4 bridgehead atoms. The van der Waals surface area contributed by atoms with Gasteiger partial charge < -0.3 is 4.74 Å². The van der Waals surface area contributed by atoms with Gasteiger partial charge in [0.05, 0.1) is 12.7 Å². The van der Waals surface area contributed by atoms with Crippen molar-refractivity contribution in [3.05, 3.63) is 11.1 Å². The van der Waals surface area contributed by atoms with E-state index in [0.717, 1.165) is 31.3 Å². The largest absolute Gasteiger partial charge is 0.377 e. The summed E-state index contributed by atoms with van der Waals surface area (Å²) in [6, 6.07) is 0. The molecule has 22 heavy (non-hydrogen) atoms. The van der Waals surface area contributed by atoms with Crippen LogP contribution in [0.1, 0.15) is 59.8 Å². The van der Waals surface area contributed by atoms with E-state index in [-0.39, 0.29) is 5.41 Å². The quantitative estimate of drug-likeness (QED) is 0.672. The molecule has 5 rings (SSSR count). The molecule has 1 aliphatic heterocycles. The fourth-order valence-corrected chi connectivity index (χ4v) is 8.16. The second kappa shape index (κ2) is 3.71. The van der Waals surface area contributed by atoms with E-state index < -0.39 is 0 Å². The van der Waals surface area contributed by atoms with Crippen molar-refractivity contribution >= 4 is 5.78 Å². The van der Waals surface area contributed by atoms with Crippen LogP contribution in [0.4, 0.5) is 0 Å². The minimum atomic E-state index is 0.161. The van der Waals surface area contributed by atoms with Crippen molar-refractivity contribution in [2.24, 2.45) is 34.0 Å². The number of hydrogen-bond donors (Lipinski definition) is 0. The standard InChI is InChI=1S/C20H28O2/c1-11-5-6-20-12(2)7-15-13(19(20,4)10-22-15)8-16(20)18(3)9-14(21)17(11)18/h12-13,15-16H,5-10H2,1-4H3/t12-,13-,15+,16+,18+,19+,20+/m1/s1. The summed E-state index contributed by atoms with van der Waals surface area (Å²) in [7, 11) is 0. The number of hydrogen-bond acceptors (Lipinski definition) is 2. The number of Topliss-reactive ketones (excluding diaryl/α,β-unsaturated/α-hetero) is 1. The maximum absolute atomic E-state index is 12.4. The van der Waals surface area contributed by atoms with Gasteiger partial charge in [0.2, 0.25) is 0 Å². The second-order valence-corrected chi connectivity index (χ2v) is 9.51. The normalized spacial score (nSPS) is 59.0. The van der Waals surface area contributed by atoms with E-state index in [1.807, 2.05) is 0 Å². The van der Waals surface area contributed by atoms with Gasteiger partial charge in [-0.3, -0.25) is 4.79 Å². The molecule has 1 heterocycles. The van der Waals surface area contributed by atoms with Crippen LogP contribution in [0.25, 0.3) is 0 Å². The number of allylic oxidation sites excluding steroid dienone is 2. The third-order valence-electron chi connectivity index (χ3n) is 8.99. The zero-order valence-corrected chi connectivity index (χ0v) is 14.4. The van der Waals surface area contributed by atoms with Crippen molar-refractivity contribution in [2.75, 3.05) is 6.61 Å². The van der Waals surface area contributed by atoms with Crippen LogP contribution in [0.2, 0.25) is 0 Å². The molecular formula is C20H28O2. The van der Waals surface area contributed by atoms with Gasteiger partial charge in [-0.2, -0.15) is 0 Å². The average molecular weight is 300 g/mol. The van der Waals surface area contributed by atoms with Gasteiger partial charge in [0.15, 0.2) is 5.78 Å². The van der Waals surface area contributed by atoms with Crippen LogP contribution in [-0.2, 0) is 9.53 Å². The van der Waals surface area contributed by atoms with Crippen LogP contribution in [0.15, 0.2) is 11.1 Å². The number of ether oxygens (including phenoxy) is 1. The van der Waals surface area contributed by atoms with Gasteiger partial charge in [-0.1, -0.05) is 26.3 Å². The van der Waals surface area contributed by atoms with Crippen LogP contribution < -0.4 is 0 Å². The van der Waals surface area contributed by atoms with Gasteiger partial charge in [-0.25, -0.2) is 0 Å². The van der Waals surface area contributed by atoms with Gasteiger partial charge in [0.1, 0.15) is 0 Å². The zero-order chi connectivity index (χ0) is 15.5. The lowest BCUT2D eigenvalue weighted by Crippen LogP contribution is -2.55. The van der Waals surface area contributed by atoms with Gasteiger partial charge >= 0.3 is 0 Å². The molecular weight excluding hydrogens is 272 g/mol. The monoisotopic (exact) mass is 300 g/mol. The molecule has 0 N–H and O–H groups in total. The molecule has 0 aromatic heterocycles. The Hall–Kier alpha value is -0.630. The fraction of sp³-hybridized carbons (Fsp3) is 0.850. The first-order valence-electron chi connectivity index (χ1n) is 9.19. The van der Waals surface area contributed by atoms with Crippen LogP contribution in [-0.4, -0.2) is 18.5 Å². The smallest absolute Gasteiger partial charge is 0.160 e. The number of rotatable bonds is 0. The molecule has 120 valence electrons. The lowest BCUT2D eigenvalue weighted by molar-refractivity contribution is -0.131. The van der Waals surface area contributed by atoms with Crippen molar-refractivity contribution in [3.63, 3.8) is 0 Å². The lowest BCUT2D eigenvalue weighted by Gasteiger charge is -2.57. The van der Waals surface area contributed by atoms with E-state index in [1.54, 1.807) is 0 Å². The maximum Gasteiger partial charge on any atom is 0.160 e. The molecule has 0 unspecified atom stereocenters. The molecule has 1 spiro atoms. The summed E-state index contributed by atoms with van der Waals surface area (Å²) < 4.78 is 6.25. The van der Waals surface area contributed by atoms with E-state index >= 15 is 0 Å². The average Bonchev–Trinajstić information content (AvgIpc) is 2.75. The van der Waals surface area contributed by atoms with Gasteiger partial charge in [-0.05, 0) is 55.8 Å². The molecule has 0 radical (unpaired) electrons. The fourth-order valence-electron chi connectivity index (χ4n) is 8.16. The predicted octanol–water partition coefficient (Wildman–Crippen LogP) is 4.14. The van der Waals surface area contributed by atoms with Crippen LogP contribution in [0.3, 0.4) is 0 Å². The van der Waals surface area contributed by atoms with Crippen LogP contribution >= 0.6 is 0 Å². The van der Waals surface area contributed by atoms with Crippen molar-refractivity contribution < 1.29 is 9.53 Å². The highest BCUT2D eigenvalue weighted by molar-refractivity contribution is 6.05. The number of carbonyl (C=O) groups excluding carboxylic acids is 1. The molecule has 4 fully saturated rings. The van der Waals surface area contributed by atoms with E-state index in [2.05, 4.69) is 27.7 Å². The van der Waals surface area contributed by atoms with E-state index in [4.69, 9.17) is 4.74 Å². The molecule has 2 heteroatoms. The molecule has 7 atom stereocenters. The van der Waals surface area contributed by atoms with E-state index in [0.29, 0.717) is 28.6 Å². The summed E-state index contributed by atoms with van der Waals surface area (Å²) >= 11 is 0. The molecule has 4 aliphatic carbocycles. The highest BCUT2D eigenvalue weighted by atomic mass is 16.5. The van der Waals surface area contributed by atoms with Gasteiger partial charge in [0, 0.05) is 22.8 Å². The Balaban J connectivity index is 1.72. The Morgan fingerprint density at radius 1 is 1.23 bits per heavy atom. The summed E-state index contributed by atoms with van der Waals surface area (Å²) in [6.07, 6.45) is 6.24. The molecule has 0 aromatic carbocycles. The third kappa shape index (κ3) is 1.15. The summed E-state index contributed by atoms with van der Waals surface area (Å²) in [5, 5.41) is 0. The van der Waals surface area contributed by atoms with E-state index in [9.17, 15) is 4.79 Å². The second-order valence-electron chi connectivity index (χ2n) is 9.51. The Bertz CT molecular complexity index is 619. The minimum Gasteiger partial charge on any atom is -0.377 e. The first kappa shape index (κ1) is 13.8. The van der Waals surface area contributed by atoms with Gasteiger partial charge in [-0.15, -0.1) is 0 Å². The van der Waals surface area contributed by atoms with E-state index in [1.165, 1.54) is 30.4 Å².